The second-order valence-corrected chi connectivity index (χ2v) is 7.89. The van der Waals surface area contributed by atoms with Crippen LogP contribution in [0.15, 0.2) is 54.6 Å². The highest BCUT2D eigenvalue weighted by molar-refractivity contribution is 6.30. The number of amides is 2. The topological polar surface area (TPSA) is 49.4 Å². The molecule has 0 aromatic heterocycles. The maximum atomic E-state index is 12.9. The van der Waals surface area contributed by atoms with E-state index in [-0.39, 0.29) is 17.9 Å². The van der Waals surface area contributed by atoms with Gasteiger partial charge in [0.2, 0.25) is 5.91 Å². The summed E-state index contributed by atoms with van der Waals surface area (Å²) in [6.07, 6.45) is 3.47. The van der Waals surface area contributed by atoms with Crippen LogP contribution in [0.5, 0.6) is 0 Å². The van der Waals surface area contributed by atoms with Crippen LogP contribution in [-0.2, 0) is 11.3 Å². The van der Waals surface area contributed by atoms with Gasteiger partial charge in [-0.1, -0.05) is 41.9 Å². The third-order valence-corrected chi connectivity index (χ3v) is 5.52. The van der Waals surface area contributed by atoms with Crippen LogP contribution in [0.1, 0.15) is 48.5 Å². The van der Waals surface area contributed by atoms with Crippen LogP contribution in [0.25, 0.3) is 0 Å². The average molecular weight is 399 g/mol. The molecule has 1 aliphatic rings. The van der Waals surface area contributed by atoms with E-state index in [0.29, 0.717) is 42.4 Å². The zero-order valence-electron chi connectivity index (χ0n) is 16.2. The summed E-state index contributed by atoms with van der Waals surface area (Å²) in [6, 6.07) is 17.2. The van der Waals surface area contributed by atoms with Gasteiger partial charge in [0.25, 0.3) is 5.91 Å². The Labute approximate surface area is 171 Å². The average Bonchev–Trinajstić information content (AvgIpc) is 3.55. The van der Waals surface area contributed by atoms with Crippen molar-refractivity contribution in [3.8, 4) is 0 Å². The van der Waals surface area contributed by atoms with Crippen molar-refractivity contribution in [2.24, 2.45) is 5.92 Å². The molecule has 1 atom stereocenters. The lowest BCUT2D eigenvalue weighted by Gasteiger charge is -2.30. The summed E-state index contributed by atoms with van der Waals surface area (Å²) >= 11 is 5.84. The van der Waals surface area contributed by atoms with Gasteiger partial charge in [-0.3, -0.25) is 9.59 Å². The first-order valence-electron chi connectivity index (χ1n) is 9.92. The van der Waals surface area contributed by atoms with Gasteiger partial charge >= 0.3 is 0 Å². The van der Waals surface area contributed by atoms with E-state index in [2.05, 4.69) is 24.4 Å². The highest BCUT2D eigenvalue weighted by Crippen LogP contribution is 2.36. The molecule has 1 fully saturated rings. The van der Waals surface area contributed by atoms with Crippen molar-refractivity contribution in [3.05, 3.63) is 70.7 Å². The van der Waals surface area contributed by atoms with Gasteiger partial charge in [-0.25, -0.2) is 0 Å². The molecule has 0 spiro atoms. The maximum Gasteiger partial charge on any atom is 0.251 e. The second kappa shape index (κ2) is 9.74. The fourth-order valence-corrected chi connectivity index (χ4v) is 3.49. The number of rotatable bonds is 9. The van der Waals surface area contributed by atoms with Crippen LogP contribution in [0.2, 0.25) is 5.02 Å². The van der Waals surface area contributed by atoms with E-state index in [9.17, 15) is 9.59 Å². The van der Waals surface area contributed by atoms with Crippen molar-refractivity contribution in [1.82, 2.24) is 10.2 Å². The first-order chi connectivity index (χ1) is 13.5. The fourth-order valence-electron chi connectivity index (χ4n) is 3.36. The summed E-state index contributed by atoms with van der Waals surface area (Å²) in [6.45, 7) is 3.28. The molecule has 0 bridgehead atoms. The predicted octanol–water partition coefficient (Wildman–Crippen LogP) is 4.68. The normalized spacial score (nSPS) is 14.4. The molecule has 2 aromatic carbocycles. The standard InChI is InChI=1S/C23H27ClN2O2/c1-17(19-9-10-19)26(16-18-6-3-2-4-7-18)22(27)8-5-15-25-23(28)20-11-13-21(24)14-12-20/h2-4,6-7,11-14,17,19H,5,8-10,15-16H2,1H3,(H,25,28). The Balaban J connectivity index is 1.49. The quantitative estimate of drug-likeness (QED) is 0.623. The van der Waals surface area contributed by atoms with Gasteiger partial charge in [0, 0.05) is 36.1 Å². The smallest absolute Gasteiger partial charge is 0.251 e. The Kier molecular flexibility index (Phi) is 7.10. The second-order valence-electron chi connectivity index (χ2n) is 7.45. The molecule has 0 radical (unpaired) electrons. The molecule has 0 saturated heterocycles. The van der Waals surface area contributed by atoms with Gasteiger partial charge in [-0.2, -0.15) is 0 Å². The lowest BCUT2D eigenvalue weighted by atomic mass is 10.1. The molecule has 4 nitrogen and oxygen atoms in total. The van der Waals surface area contributed by atoms with Crippen LogP contribution in [0.3, 0.4) is 0 Å². The summed E-state index contributed by atoms with van der Waals surface area (Å²) in [5.74, 6) is 0.637. The lowest BCUT2D eigenvalue weighted by Crippen LogP contribution is -2.39. The van der Waals surface area contributed by atoms with Gasteiger partial charge in [0.05, 0.1) is 0 Å². The molecule has 1 aliphatic carbocycles. The van der Waals surface area contributed by atoms with E-state index in [0.717, 1.165) is 5.56 Å². The van der Waals surface area contributed by atoms with Gasteiger partial charge in [-0.15, -0.1) is 0 Å². The number of nitrogens with one attached hydrogen (secondary N) is 1. The Hall–Kier alpha value is -2.33. The van der Waals surface area contributed by atoms with Crippen molar-refractivity contribution in [3.63, 3.8) is 0 Å². The van der Waals surface area contributed by atoms with Gasteiger partial charge < -0.3 is 10.2 Å². The molecule has 1 N–H and O–H groups in total. The number of halogens is 1. The van der Waals surface area contributed by atoms with Crippen molar-refractivity contribution < 1.29 is 9.59 Å². The summed E-state index contributed by atoms with van der Waals surface area (Å²) < 4.78 is 0. The van der Waals surface area contributed by atoms with Crippen molar-refractivity contribution in [2.45, 2.75) is 45.2 Å². The molecule has 3 rings (SSSR count). The SMILES string of the molecule is CC(C1CC1)N(Cc1ccccc1)C(=O)CCCNC(=O)c1ccc(Cl)cc1. The van der Waals surface area contributed by atoms with Crippen molar-refractivity contribution >= 4 is 23.4 Å². The van der Waals surface area contributed by atoms with Gasteiger partial charge in [-0.05, 0) is 61.9 Å². The number of carbonyl (C=O) groups excluding carboxylic acids is 2. The van der Waals surface area contributed by atoms with E-state index in [4.69, 9.17) is 11.6 Å². The number of hydrogen-bond donors (Lipinski definition) is 1. The fraction of sp³-hybridized carbons (Fsp3) is 0.391. The first kappa shape index (κ1) is 20.4. The highest BCUT2D eigenvalue weighted by atomic mass is 35.5. The largest absolute Gasteiger partial charge is 0.352 e. The van der Waals surface area contributed by atoms with E-state index < -0.39 is 0 Å². The molecule has 5 heteroatoms. The molecular weight excluding hydrogens is 372 g/mol. The number of carbonyl (C=O) groups is 2. The van der Waals surface area contributed by atoms with Crippen LogP contribution in [-0.4, -0.2) is 29.3 Å². The van der Waals surface area contributed by atoms with Crippen LogP contribution < -0.4 is 5.32 Å². The zero-order chi connectivity index (χ0) is 19.9. The Morgan fingerprint density at radius 1 is 1.11 bits per heavy atom. The summed E-state index contributed by atoms with van der Waals surface area (Å²) in [5.41, 5.74) is 1.73. The highest BCUT2D eigenvalue weighted by Gasteiger charge is 2.34. The Morgan fingerprint density at radius 2 is 1.79 bits per heavy atom. The molecule has 1 unspecified atom stereocenters. The minimum atomic E-state index is -0.142. The van der Waals surface area contributed by atoms with Crippen LogP contribution in [0.4, 0.5) is 0 Å². The molecule has 2 amide bonds. The van der Waals surface area contributed by atoms with Crippen LogP contribution >= 0.6 is 11.6 Å². The molecule has 148 valence electrons. The summed E-state index contributed by atoms with van der Waals surface area (Å²) in [4.78, 5) is 27.0. The van der Waals surface area contributed by atoms with Crippen LogP contribution in [0, 0.1) is 5.92 Å². The minimum Gasteiger partial charge on any atom is -0.352 e. The zero-order valence-corrected chi connectivity index (χ0v) is 17.0. The third kappa shape index (κ3) is 5.83. The van der Waals surface area contributed by atoms with Crippen molar-refractivity contribution in [2.75, 3.05) is 6.54 Å². The van der Waals surface area contributed by atoms with E-state index in [1.54, 1.807) is 24.3 Å². The Morgan fingerprint density at radius 3 is 2.43 bits per heavy atom. The lowest BCUT2D eigenvalue weighted by molar-refractivity contribution is -0.134. The number of nitrogens with zero attached hydrogens (tertiary/aromatic N) is 1. The Bertz CT molecular complexity index is 788. The first-order valence-corrected chi connectivity index (χ1v) is 10.3. The summed E-state index contributed by atoms with van der Waals surface area (Å²) in [7, 11) is 0. The molecule has 28 heavy (non-hydrogen) atoms. The van der Waals surface area contributed by atoms with Gasteiger partial charge in [0.1, 0.15) is 0 Å². The molecular formula is C23H27ClN2O2. The van der Waals surface area contributed by atoms with E-state index in [1.807, 2.05) is 23.1 Å². The third-order valence-electron chi connectivity index (χ3n) is 5.27. The number of benzene rings is 2. The van der Waals surface area contributed by atoms with E-state index in [1.165, 1.54) is 12.8 Å². The minimum absolute atomic E-state index is 0.142. The molecule has 0 heterocycles. The van der Waals surface area contributed by atoms with Crippen molar-refractivity contribution in [1.29, 1.82) is 0 Å². The van der Waals surface area contributed by atoms with Gasteiger partial charge in [0.15, 0.2) is 0 Å². The molecule has 1 saturated carbocycles. The summed E-state index contributed by atoms with van der Waals surface area (Å²) in [5, 5.41) is 3.48. The predicted molar refractivity (Wildman–Crippen MR) is 112 cm³/mol. The van der Waals surface area contributed by atoms with E-state index >= 15 is 0 Å². The molecule has 2 aromatic rings. The maximum absolute atomic E-state index is 12.9. The number of hydrogen-bond acceptors (Lipinski definition) is 2. The monoisotopic (exact) mass is 398 g/mol. The molecule has 0 aliphatic heterocycles.